The highest BCUT2D eigenvalue weighted by Gasteiger charge is 2.05. The molecule has 0 aromatic heterocycles. The van der Waals surface area contributed by atoms with E-state index in [2.05, 4.69) is 11.2 Å². The van der Waals surface area contributed by atoms with E-state index in [1.807, 2.05) is 0 Å². The molecule has 0 radical (unpaired) electrons. The van der Waals surface area contributed by atoms with Crippen molar-refractivity contribution in [2.45, 2.75) is 12.8 Å². The van der Waals surface area contributed by atoms with Gasteiger partial charge in [0.15, 0.2) is 0 Å². The van der Waals surface area contributed by atoms with Crippen LogP contribution in [-0.2, 0) is 9.59 Å². The van der Waals surface area contributed by atoms with Crippen LogP contribution in [0.3, 0.4) is 0 Å². The van der Waals surface area contributed by atoms with Crippen molar-refractivity contribution in [1.29, 1.82) is 0 Å². The van der Waals surface area contributed by atoms with Gasteiger partial charge in [0.05, 0.1) is 6.42 Å². The van der Waals surface area contributed by atoms with E-state index in [1.54, 1.807) is 24.3 Å². The molecule has 0 unspecified atom stereocenters. The summed E-state index contributed by atoms with van der Waals surface area (Å²) in [6.45, 7) is 0. The number of carboxylic acids is 1. The third-order valence-electron chi connectivity index (χ3n) is 1.88. The number of nitrogens with one attached hydrogen (secondary N) is 1. The molecule has 0 saturated carbocycles. The number of anilines is 1. The van der Waals surface area contributed by atoms with Crippen LogP contribution in [0.15, 0.2) is 24.3 Å². The van der Waals surface area contributed by atoms with E-state index < -0.39 is 5.97 Å². The molecule has 1 aromatic carbocycles. The van der Waals surface area contributed by atoms with Gasteiger partial charge in [0.25, 0.3) is 0 Å². The SMILES string of the molecule is C#Cc1cccc(NC(=O)CCC(=O)O)c1. The predicted octanol–water partition coefficient (Wildman–Crippen LogP) is 1.47. The van der Waals surface area contributed by atoms with Crippen LogP contribution >= 0.6 is 0 Å². The molecule has 1 amide bonds. The molecule has 4 nitrogen and oxygen atoms in total. The molecule has 82 valence electrons. The number of rotatable bonds is 4. The number of hydrogen-bond acceptors (Lipinski definition) is 2. The van der Waals surface area contributed by atoms with Crippen LogP contribution in [0.5, 0.6) is 0 Å². The summed E-state index contributed by atoms with van der Waals surface area (Å²) in [4.78, 5) is 21.5. The minimum atomic E-state index is -0.993. The van der Waals surface area contributed by atoms with Gasteiger partial charge >= 0.3 is 5.97 Å². The highest BCUT2D eigenvalue weighted by molar-refractivity contribution is 5.92. The summed E-state index contributed by atoms with van der Waals surface area (Å²) in [7, 11) is 0. The first-order valence-corrected chi connectivity index (χ1v) is 4.70. The Morgan fingerprint density at radius 1 is 1.38 bits per heavy atom. The van der Waals surface area contributed by atoms with Crippen molar-refractivity contribution in [3.05, 3.63) is 29.8 Å². The molecule has 0 aliphatic heterocycles. The van der Waals surface area contributed by atoms with Crippen LogP contribution in [0, 0.1) is 12.3 Å². The fourth-order valence-electron chi connectivity index (χ4n) is 1.13. The van der Waals surface area contributed by atoms with Crippen molar-refractivity contribution in [2.24, 2.45) is 0 Å². The van der Waals surface area contributed by atoms with Crippen molar-refractivity contribution >= 4 is 17.6 Å². The van der Waals surface area contributed by atoms with Gasteiger partial charge in [-0.15, -0.1) is 6.42 Å². The standard InChI is InChI=1S/C12H11NO3/c1-2-9-4-3-5-10(8-9)13-11(14)6-7-12(15)16/h1,3-5,8H,6-7H2,(H,13,14)(H,15,16). The van der Waals surface area contributed by atoms with Gasteiger partial charge in [-0.2, -0.15) is 0 Å². The van der Waals surface area contributed by atoms with Crippen molar-refractivity contribution < 1.29 is 14.7 Å². The molecule has 16 heavy (non-hydrogen) atoms. The highest BCUT2D eigenvalue weighted by atomic mass is 16.4. The van der Waals surface area contributed by atoms with E-state index >= 15 is 0 Å². The molecule has 1 aromatic rings. The summed E-state index contributed by atoms with van der Waals surface area (Å²) in [5.74, 6) is 1.12. The average molecular weight is 217 g/mol. The van der Waals surface area contributed by atoms with Crippen molar-refractivity contribution in [3.63, 3.8) is 0 Å². The van der Waals surface area contributed by atoms with Gasteiger partial charge in [-0.05, 0) is 18.2 Å². The lowest BCUT2D eigenvalue weighted by molar-refractivity contribution is -0.138. The molecular formula is C12H11NO3. The van der Waals surface area contributed by atoms with Crippen LogP contribution in [0.1, 0.15) is 18.4 Å². The minimum Gasteiger partial charge on any atom is -0.481 e. The zero-order chi connectivity index (χ0) is 12.0. The molecule has 0 fully saturated rings. The molecule has 0 aliphatic carbocycles. The maximum atomic E-state index is 11.3. The Balaban J connectivity index is 2.56. The van der Waals surface area contributed by atoms with E-state index in [0.29, 0.717) is 11.3 Å². The second-order valence-corrected chi connectivity index (χ2v) is 3.17. The Morgan fingerprint density at radius 2 is 2.12 bits per heavy atom. The molecule has 1 rings (SSSR count). The lowest BCUT2D eigenvalue weighted by Gasteiger charge is -2.04. The van der Waals surface area contributed by atoms with Crippen molar-refractivity contribution in [1.82, 2.24) is 0 Å². The Bertz CT molecular complexity index is 446. The lowest BCUT2D eigenvalue weighted by atomic mass is 10.2. The molecular weight excluding hydrogens is 206 g/mol. The van der Waals surface area contributed by atoms with Crippen LogP contribution in [-0.4, -0.2) is 17.0 Å². The summed E-state index contributed by atoms with van der Waals surface area (Å²) >= 11 is 0. The van der Waals surface area contributed by atoms with Gasteiger partial charge in [-0.1, -0.05) is 12.0 Å². The first-order valence-electron chi connectivity index (χ1n) is 4.70. The number of amides is 1. The molecule has 0 bridgehead atoms. The average Bonchev–Trinajstić information content (AvgIpc) is 2.26. The van der Waals surface area contributed by atoms with Crippen LogP contribution in [0.25, 0.3) is 0 Å². The Kier molecular flexibility index (Phi) is 4.10. The van der Waals surface area contributed by atoms with E-state index in [4.69, 9.17) is 11.5 Å². The summed E-state index contributed by atoms with van der Waals surface area (Å²) in [5.41, 5.74) is 1.24. The van der Waals surface area contributed by atoms with Gasteiger partial charge < -0.3 is 10.4 Å². The molecule has 0 heterocycles. The van der Waals surface area contributed by atoms with Gasteiger partial charge in [-0.25, -0.2) is 0 Å². The molecule has 0 spiro atoms. The summed E-state index contributed by atoms with van der Waals surface area (Å²) in [6.07, 6.45) is 4.98. The Hall–Kier alpha value is -2.28. The summed E-state index contributed by atoms with van der Waals surface area (Å²) < 4.78 is 0. The first-order chi connectivity index (χ1) is 7.61. The second kappa shape index (κ2) is 5.56. The van der Waals surface area contributed by atoms with Crippen molar-refractivity contribution in [3.8, 4) is 12.3 Å². The number of carbonyl (C=O) groups is 2. The molecule has 4 heteroatoms. The third-order valence-corrected chi connectivity index (χ3v) is 1.88. The van der Waals surface area contributed by atoms with Crippen LogP contribution in [0.4, 0.5) is 5.69 Å². The quantitative estimate of drug-likeness (QED) is 0.750. The minimum absolute atomic E-state index is 0.0460. The summed E-state index contributed by atoms with van der Waals surface area (Å²) in [6, 6.07) is 6.81. The summed E-state index contributed by atoms with van der Waals surface area (Å²) in [5, 5.41) is 11.0. The molecule has 2 N–H and O–H groups in total. The van der Waals surface area contributed by atoms with Gasteiger partial charge in [0, 0.05) is 17.7 Å². The first kappa shape index (κ1) is 11.8. The molecule has 0 atom stereocenters. The topological polar surface area (TPSA) is 66.4 Å². The van der Waals surface area contributed by atoms with Crippen LogP contribution < -0.4 is 5.32 Å². The highest BCUT2D eigenvalue weighted by Crippen LogP contribution is 2.10. The van der Waals surface area contributed by atoms with E-state index in [9.17, 15) is 9.59 Å². The number of carboxylic acid groups (broad SMARTS) is 1. The lowest BCUT2D eigenvalue weighted by Crippen LogP contribution is -2.13. The maximum Gasteiger partial charge on any atom is 0.303 e. The molecule has 0 aliphatic rings. The fourth-order valence-corrected chi connectivity index (χ4v) is 1.13. The van der Waals surface area contributed by atoms with Crippen LogP contribution in [0.2, 0.25) is 0 Å². The predicted molar refractivity (Wildman–Crippen MR) is 59.9 cm³/mol. The monoisotopic (exact) mass is 217 g/mol. The fraction of sp³-hybridized carbons (Fsp3) is 0.167. The van der Waals surface area contributed by atoms with E-state index in [1.165, 1.54) is 0 Å². The number of benzene rings is 1. The maximum absolute atomic E-state index is 11.3. The van der Waals surface area contributed by atoms with E-state index in [0.717, 1.165) is 0 Å². The smallest absolute Gasteiger partial charge is 0.303 e. The number of terminal acetylenes is 1. The van der Waals surface area contributed by atoms with Crippen molar-refractivity contribution in [2.75, 3.05) is 5.32 Å². The zero-order valence-corrected chi connectivity index (χ0v) is 8.56. The number of hydrogen-bond donors (Lipinski definition) is 2. The van der Waals surface area contributed by atoms with Gasteiger partial charge in [0.2, 0.25) is 5.91 Å². The third kappa shape index (κ3) is 3.84. The normalized spacial score (nSPS) is 9.19. The Labute approximate surface area is 93.3 Å². The number of aliphatic carboxylic acids is 1. The molecule has 0 saturated heterocycles. The largest absolute Gasteiger partial charge is 0.481 e. The van der Waals surface area contributed by atoms with Gasteiger partial charge in [0.1, 0.15) is 0 Å². The number of carbonyl (C=O) groups excluding carboxylic acids is 1. The van der Waals surface area contributed by atoms with E-state index in [-0.39, 0.29) is 18.7 Å². The Morgan fingerprint density at radius 3 is 2.75 bits per heavy atom. The zero-order valence-electron chi connectivity index (χ0n) is 8.56. The second-order valence-electron chi connectivity index (χ2n) is 3.17. The van der Waals surface area contributed by atoms with Gasteiger partial charge in [-0.3, -0.25) is 9.59 Å².